The number of anilines is 1. The van der Waals surface area contributed by atoms with Crippen LogP contribution in [-0.4, -0.2) is 16.1 Å². The van der Waals surface area contributed by atoms with E-state index in [1.54, 1.807) is 0 Å². The van der Waals surface area contributed by atoms with Gasteiger partial charge in [0.15, 0.2) is 0 Å². The first kappa shape index (κ1) is 11.3. The van der Waals surface area contributed by atoms with E-state index in [1.165, 1.54) is 0 Å². The van der Waals surface area contributed by atoms with Gasteiger partial charge in [0.1, 0.15) is 5.82 Å². The van der Waals surface area contributed by atoms with Crippen LogP contribution >= 0.6 is 0 Å². The Labute approximate surface area is 83.7 Å². The Balaban J connectivity index is 3.37. The van der Waals surface area contributed by atoms with E-state index in [9.17, 15) is 13.6 Å². The summed E-state index contributed by atoms with van der Waals surface area (Å²) >= 11 is 0. The zero-order valence-electron chi connectivity index (χ0n) is 7.58. The van der Waals surface area contributed by atoms with Gasteiger partial charge in [-0.1, -0.05) is 0 Å². The zero-order valence-corrected chi connectivity index (χ0v) is 7.58. The fourth-order valence-corrected chi connectivity index (χ4v) is 1.10. The highest BCUT2D eigenvalue weighted by Crippen LogP contribution is 2.25. The highest BCUT2D eigenvalue weighted by Gasteiger charge is 2.19. The van der Waals surface area contributed by atoms with Crippen molar-refractivity contribution in [2.75, 3.05) is 5.73 Å². The van der Waals surface area contributed by atoms with Gasteiger partial charge in [-0.2, -0.15) is 0 Å². The van der Waals surface area contributed by atoms with Crippen molar-refractivity contribution in [1.29, 1.82) is 0 Å². The number of aromatic nitrogens is 1. The molecule has 0 atom stereocenters. The van der Waals surface area contributed by atoms with E-state index in [0.29, 0.717) is 0 Å². The lowest BCUT2D eigenvalue weighted by Gasteiger charge is -2.08. The summed E-state index contributed by atoms with van der Waals surface area (Å²) in [7, 11) is 0. The molecule has 0 bridgehead atoms. The Bertz CT molecular complexity index is 396. The molecule has 1 heterocycles. The van der Waals surface area contributed by atoms with E-state index in [1.807, 2.05) is 0 Å². The van der Waals surface area contributed by atoms with Gasteiger partial charge in [0.05, 0.1) is 16.8 Å². The number of carboxylic acids is 1. The number of nitrogen functional groups attached to an aromatic ring is 1. The number of hydrogen-bond donors (Lipinski definition) is 3. The molecule has 5 N–H and O–H groups in total. The predicted molar refractivity (Wildman–Crippen MR) is 48.5 cm³/mol. The second kappa shape index (κ2) is 4.18. The molecule has 0 saturated heterocycles. The van der Waals surface area contributed by atoms with Crippen molar-refractivity contribution in [1.82, 2.24) is 4.98 Å². The van der Waals surface area contributed by atoms with E-state index in [4.69, 9.17) is 16.6 Å². The molecule has 0 aliphatic heterocycles. The van der Waals surface area contributed by atoms with Crippen molar-refractivity contribution in [3.8, 4) is 0 Å². The molecular formula is C8H9F2N3O2. The van der Waals surface area contributed by atoms with Gasteiger partial charge in [-0.3, -0.25) is 0 Å². The van der Waals surface area contributed by atoms with Gasteiger partial charge in [0.2, 0.25) is 0 Å². The maximum Gasteiger partial charge on any atom is 0.337 e. The lowest BCUT2D eigenvalue weighted by molar-refractivity contribution is 0.0694. The quantitative estimate of drug-likeness (QED) is 0.693. The van der Waals surface area contributed by atoms with Crippen molar-refractivity contribution >= 4 is 11.8 Å². The molecule has 7 heteroatoms. The minimum atomic E-state index is -2.86. The molecule has 0 aliphatic rings. The summed E-state index contributed by atoms with van der Waals surface area (Å²) in [5.74, 6) is -1.75. The number of rotatable bonds is 3. The Kier molecular flexibility index (Phi) is 3.15. The number of halogens is 2. The average Bonchev–Trinajstić information content (AvgIpc) is 2.16. The third-order valence-electron chi connectivity index (χ3n) is 1.82. The first-order valence-electron chi connectivity index (χ1n) is 3.98. The van der Waals surface area contributed by atoms with E-state index in [-0.39, 0.29) is 17.8 Å². The summed E-state index contributed by atoms with van der Waals surface area (Å²) in [6.45, 7) is -0.171. The Morgan fingerprint density at radius 3 is 2.60 bits per heavy atom. The second-order valence-electron chi connectivity index (χ2n) is 2.77. The molecule has 0 radical (unpaired) electrons. The number of alkyl halides is 2. The summed E-state index contributed by atoms with van der Waals surface area (Å²) in [5.41, 5.74) is 9.49. The van der Waals surface area contributed by atoms with Gasteiger partial charge < -0.3 is 16.6 Å². The van der Waals surface area contributed by atoms with E-state index >= 15 is 0 Å². The molecule has 5 nitrogen and oxygen atoms in total. The van der Waals surface area contributed by atoms with Gasteiger partial charge in [-0.25, -0.2) is 18.6 Å². The van der Waals surface area contributed by atoms with Gasteiger partial charge in [0.25, 0.3) is 6.43 Å². The van der Waals surface area contributed by atoms with Crippen LogP contribution in [0, 0.1) is 0 Å². The number of pyridine rings is 1. The van der Waals surface area contributed by atoms with Crippen LogP contribution in [0.5, 0.6) is 0 Å². The topological polar surface area (TPSA) is 102 Å². The van der Waals surface area contributed by atoms with Crippen molar-refractivity contribution in [3.63, 3.8) is 0 Å². The first-order valence-corrected chi connectivity index (χ1v) is 3.98. The number of hydrogen-bond acceptors (Lipinski definition) is 4. The molecule has 0 unspecified atom stereocenters. The molecule has 0 fully saturated rings. The SMILES string of the molecule is NCc1nc(N)c(C(F)F)cc1C(=O)O. The molecule has 0 aromatic carbocycles. The molecule has 0 saturated carbocycles. The van der Waals surface area contributed by atoms with Crippen molar-refractivity contribution in [2.45, 2.75) is 13.0 Å². The molecule has 1 aromatic heterocycles. The fourth-order valence-electron chi connectivity index (χ4n) is 1.10. The van der Waals surface area contributed by atoms with Gasteiger partial charge in [-0.15, -0.1) is 0 Å². The lowest BCUT2D eigenvalue weighted by Crippen LogP contribution is -2.13. The van der Waals surface area contributed by atoms with Gasteiger partial charge in [-0.05, 0) is 6.07 Å². The standard InChI is InChI=1S/C8H9F2N3O2/c9-6(10)4-1-3(8(14)15)5(2-11)13-7(4)12/h1,6H,2,11H2,(H2,12,13)(H,14,15). The summed E-state index contributed by atoms with van der Waals surface area (Å²) in [6, 6.07) is 0.803. The number of carboxylic acid groups (broad SMARTS) is 1. The van der Waals surface area contributed by atoms with E-state index in [2.05, 4.69) is 4.98 Å². The third kappa shape index (κ3) is 2.18. The Morgan fingerprint density at radius 2 is 2.20 bits per heavy atom. The molecule has 0 amide bonds. The van der Waals surface area contributed by atoms with Gasteiger partial charge in [0, 0.05) is 6.54 Å². The van der Waals surface area contributed by atoms with Gasteiger partial charge >= 0.3 is 5.97 Å². The molecule has 0 spiro atoms. The van der Waals surface area contributed by atoms with Crippen molar-refractivity contribution < 1.29 is 18.7 Å². The number of nitrogens with zero attached hydrogens (tertiary/aromatic N) is 1. The average molecular weight is 217 g/mol. The van der Waals surface area contributed by atoms with Crippen LogP contribution in [0.4, 0.5) is 14.6 Å². The maximum absolute atomic E-state index is 12.4. The molecular weight excluding hydrogens is 208 g/mol. The Morgan fingerprint density at radius 1 is 1.60 bits per heavy atom. The smallest absolute Gasteiger partial charge is 0.337 e. The minimum Gasteiger partial charge on any atom is -0.478 e. The largest absolute Gasteiger partial charge is 0.478 e. The van der Waals surface area contributed by atoms with Crippen LogP contribution in [0.15, 0.2) is 6.07 Å². The predicted octanol–water partition coefficient (Wildman–Crippen LogP) is 0.758. The number of nitrogens with two attached hydrogens (primary N) is 2. The summed E-state index contributed by atoms with van der Waals surface area (Å²) < 4.78 is 24.7. The number of carbonyl (C=O) groups is 1. The van der Waals surface area contributed by atoms with E-state index in [0.717, 1.165) is 6.07 Å². The number of aromatic carboxylic acids is 1. The highest BCUT2D eigenvalue weighted by atomic mass is 19.3. The minimum absolute atomic E-state index is 0.00981. The molecule has 15 heavy (non-hydrogen) atoms. The molecule has 1 aromatic rings. The second-order valence-corrected chi connectivity index (χ2v) is 2.77. The molecule has 0 aliphatic carbocycles. The van der Waals surface area contributed by atoms with Crippen molar-refractivity contribution in [2.24, 2.45) is 5.73 Å². The van der Waals surface area contributed by atoms with Crippen LogP contribution in [0.25, 0.3) is 0 Å². The normalized spacial score (nSPS) is 10.7. The van der Waals surface area contributed by atoms with Crippen molar-refractivity contribution in [3.05, 3.63) is 22.9 Å². The summed E-state index contributed by atoms with van der Waals surface area (Å²) in [6.07, 6.45) is -2.86. The van der Waals surface area contributed by atoms with Crippen LogP contribution in [0.3, 0.4) is 0 Å². The van der Waals surface area contributed by atoms with Crippen LogP contribution < -0.4 is 11.5 Å². The third-order valence-corrected chi connectivity index (χ3v) is 1.82. The maximum atomic E-state index is 12.4. The first-order chi connectivity index (χ1) is 6.97. The Hall–Kier alpha value is -1.76. The van der Waals surface area contributed by atoms with Crippen LogP contribution in [-0.2, 0) is 6.54 Å². The zero-order chi connectivity index (χ0) is 11.6. The highest BCUT2D eigenvalue weighted by molar-refractivity contribution is 5.89. The molecule has 82 valence electrons. The van der Waals surface area contributed by atoms with E-state index < -0.39 is 23.8 Å². The van der Waals surface area contributed by atoms with Crippen LogP contribution in [0.1, 0.15) is 28.0 Å². The molecule has 1 rings (SSSR count). The summed E-state index contributed by atoms with van der Waals surface area (Å²) in [5, 5.41) is 8.71. The lowest BCUT2D eigenvalue weighted by atomic mass is 10.1. The monoisotopic (exact) mass is 217 g/mol. The fraction of sp³-hybridized carbons (Fsp3) is 0.250. The van der Waals surface area contributed by atoms with Crippen LogP contribution in [0.2, 0.25) is 0 Å². The summed E-state index contributed by atoms with van der Waals surface area (Å²) in [4.78, 5) is 14.2.